The molecule has 0 fully saturated rings. The van der Waals surface area contributed by atoms with Crippen molar-refractivity contribution in [2.24, 2.45) is 0 Å². The minimum absolute atomic E-state index is 0.751. The number of hydrogen-bond acceptors (Lipinski definition) is 2. The van der Waals surface area contributed by atoms with Crippen LogP contribution in [-0.4, -0.2) is 4.98 Å². The summed E-state index contributed by atoms with van der Waals surface area (Å²) in [5.41, 5.74) is 1.97. The molecular formula is C11H9ClNS. The zero-order chi connectivity index (χ0) is 10.1. The lowest BCUT2D eigenvalue weighted by molar-refractivity contribution is 1.25. The van der Waals surface area contributed by atoms with Crippen molar-refractivity contribution in [2.75, 3.05) is 0 Å². The Morgan fingerprint density at radius 3 is 2.43 bits per heavy atom. The highest BCUT2D eigenvalue weighted by molar-refractivity contribution is 7.15. The van der Waals surface area contributed by atoms with Crippen LogP contribution < -0.4 is 0 Å². The number of hydrogen-bond donors (Lipinski definition) is 0. The van der Waals surface area contributed by atoms with Crippen LogP contribution in [0, 0.1) is 13.8 Å². The smallest absolute Gasteiger partial charge is 0.0903 e. The summed E-state index contributed by atoms with van der Waals surface area (Å²) in [6, 6.07) is 7.74. The summed E-state index contributed by atoms with van der Waals surface area (Å²) in [6.45, 7) is 5.89. The Labute approximate surface area is 92.4 Å². The van der Waals surface area contributed by atoms with Crippen LogP contribution in [0.1, 0.15) is 10.7 Å². The molecule has 0 aliphatic heterocycles. The van der Waals surface area contributed by atoms with Crippen LogP contribution in [0.4, 0.5) is 0 Å². The van der Waals surface area contributed by atoms with Gasteiger partial charge in [-0.1, -0.05) is 23.7 Å². The van der Waals surface area contributed by atoms with Gasteiger partial charge in [-0.2, -0.15) is 0 Å². The van der Waals surface area contributed by atoms with Crippen LogP contribution in [0.25, 0.3) is 10.4 Å². The lowest BCUT2D eigenvalue weighted by atomic mass is 10.2. The fourth-order valence-corrected chi connectivity index (χ4v) is 2.29. The fraction of sp³-hybridized carbons (Fsp3) is 0.0909. The van der Waals surface area contributed by atoms with E-state index in [9.17, 15) is 0 Å². The molecular weight excluding hydrogens is 214 g/mol. The van der Waals surface area contributed by atoms with Gasteiger partial charge in [-0.15, -0.1) is 11.3 Å². The maximum atomic E-state index is 5.82. The molecule has 1 aromatic heterocycles. The predicted octanol–water partition coefficient (Wildman–Crippen LogP) is 3.95. The molecule has 0 bridgehead atoms. The lowest BCUT2D eigenvalue weighted by Crippen LogP contribution is -1.77. The van der Waals surface area contributed by atoms with Crippen molar-refractivity contribution in [1.29, 1.82) is 0 Å². The zero-order valence-electron chi connectivity index (χ0n) is 7.75. The molecule has 1 radical (unpaired) electrons. The van der Waals surface area contributed by atoms with E-state index in [1.54, 1.807) is 11.3 Å². The van der Waals surface area contributed by atoms with Crippen LogP contribution in [0.15, 0.2) is 24.3 Å². The van der Waals surface area contributed by atoms with Crippen LogP contribution in [0.3, 0.4) is 0 Å². The molecule has 0 saturated heterocycles. The highest BCUT2D eigenvalue weighted by atomic mass is 35.5. The van der Waals surface area contributed by atoms with Crippen LogP contribution in [-0.2, 0) is 0 Å². The lowest BCUT2D eigenvalue weighted by Gasteiger charge is -1.97. The van der Waals surface area contributed by atoms with E-state index in [4.69, 9.17) is 11.6 Å². The number of aryl methyl sites for hydroxylation is 1. The summed E-state index contributed by atoms with van der Waals surface area (Å²) in [5, 5.41) is 1.79. The molecule has 0 N–H and O–H groups in total. The van der Waals surface area contributed by atoms with Gasteiger partial charge in [-0.3, -0.25) is 0 Å². The van der Waals surface area contributed by atoms with Gasteiger partial charge in [-0.25, -0.2) is 4.98 Å². The Kier molecular flexibility index (Phi) is 2.57. The van der Waals surface area contributed by atoms with Crippen molar-refractivity contribution >= 4 is 22.9 Å². The molecule has 14 heavy (non-hydrogen) atoms. The first-order chi connectivity index (χ1) is 6.66. The van der Waals surface area contributed by atoms with Crippen molar-refractivity contribution < 1.29 is 0 Å². The molecule has 2 aromatic rings. The normalized spacial score (nSPS) is 10.5. The van der Waals surface area contributed by atoms with Crippen molar-refractivity contribution in [1.82, 2.24) is 4.98 Å². The first-order valence-corrected chi connectivity index (χ1v) is 5.41. The molecule has 0 aliphatic rings. The molecule has 0 unspecified atom stereocenters. The van der Waals surface area contributed by atoms with Crippen molar-refractivity contribution in [2.45, 2.75) is 6.92 Å². The molecule has 0 saturated carbocycles. The van der Waals surface area contributed by atoms with E-state index in [0.29, 0.717) is 0 Å². The SMILES string of the molecule is [CH2]c1nc(C)sc1-c1ccc(Cl)cc1. The summed E-state index contributed by atoms with van der Waals surface area (Å²) < 4.78 is 0. The first-order valence-electron chi connectivity index (χ1n) is 4.22. The maximum Gasteiger partial charge on any atom is 0.0903 e. The van der Waals surface area contributed by atoms with Gasteiger partial charge in [0.2, 0.25) is 0 Å². The number of aromatic nitrogens is 1. The van der Waals surface area contributed by atoms with E-state index in [0.717, 1.165) is 26.2 Å². The van der Waals surface area contributed by atoms with Gasteiger partial charge in [0.15, 0.2) is 0 Å². The third-order valence-corrected chi connectivity index (χ3v) is 3.22. The van der Waals surface area contributed by atoms with Gasteiger partial charge < -0.3 is 0 Å². The van der Waals surface area contributed by atoms with Crippen molar-refractivity contribution in [3.8, 4) is 10.4 Å². The molecule has 0 aliphatic carbocycles. The second-order valence-electron chi connectivity index (χ2n) is 3.02. The van der Waals surface area contributed by atoms with E-state index in [-0.39, 0.29) is 0 Å². The number of benzene rings is 1. The summed E-state index contributed by atoms with van der Waals surface area (Å²) >= 11 is 7.47. The summed E-state index contributed by atoms with van der Waals surface area (Å²) in [4.78, 5) is 5.41. The third-order valence-electron chi connectivity index (χ3n) is 1.91. The average molecular weight is 223 g/mol. The van der Waals surface area contributed by atoms with Gasteiger partial charge in [0, 0.05) is 5.02 Å². The topological polar surface area (TPSA) is 12.9 Å². The molecule has 0 amide bonds. The number of halogens is 1. The standard InChI is InChI=1S/C11H9ClNS/c1-7-11(14-8(2)13-7)9-3-5-10(12)6-4-9/h3-6H,1H2,2H3. The van der Waals surface area contributed by atoms with Crippen molar-refractivity contribution in [3.63, 3.8) is 0 Å². The van der Waals surface area contributed by atoms with E-state index >= 15 is 0 Å². The van der Waals surface area contributed by atoms with Crippen LogP contribution in [0.5, 0.6) is 0 Å². The van der Waals surface area contributed by atoms with Gasteiger partial charge in [0.05, 0.1) is 15.6 Å². The highest BCUT2D eigenvalue weighted by Crippen LogP contribution is 2.30. The van der Waals surface area contributed by atoms with Gasteiger partial charge in [0.1, 0.15) is 0 Å². The Morgan fingerprint density at radius 2 is 1.93 bits per heavy atom. The second kappa shape index (κ2) is 3.71. The quantitative estimate of drug-likeness (QED) is 0.712. The number of thiazole rings is 1. The molecule has 1 aromatic carbocycles. The number of rotatable bonds is 1. The average Bonchev–Trinajstić information content (AvgIpc) is 2.47. The van der Waals surface area contributed by atoms with Crippen LogP contribution >= 0.6 is 22.9 Å². The molecule has 0 spiro atoms. The minimum atomic E-state index is 0.751. The zero-order valence-corrected chi connectivity index (χ0v) is 9.32. The third kappa shape index (κ3) is 1.81. The molecule has 1 nitrogen and oxygen atoms in total. The largest absolute Gasteiger partial charge is 0.246 e. The summed E-state index contributed by atoms with van der Waals surface area (Å²) in [7, 11) is 0. The van der Waals surface area contributed by atoms with Crippen LogP contribution in [0.2, 0.25) is 5.02 Å². The monoisotopic (exact) mass is 222 g/mol. The van der Waals surface area contributed by atoms with E-state index in [1.165, 1.54) is 0 Å². The predicted molar refractivity (Wildman–Crippen MR) is 61.8 cm³/mol. The molecule has 0 atom stereocenters. The fourth-order valence-electron chi connectivity index (χ4n) is 1.30. The first kappa shape index (κ1) is 9.69. The Morgan fingerprint density at radius 1 is 1.29 bits per heavy atom. The van der Waals surface area contributed by atoms with Crippen molar-refractivity contribution in [3.05, 3.63) is 46.9 Å². The Balaban J connectivity index is 2.49. The minimum Gasteiger partial charge on any atom is -0.246 e. The highest BCUT2D eigenvalue weighted by Gasteiger charge is 2.06. The molecule has 71 valence electrons. The second-order valence-corrected chi connectivity index (χ2v) is 4.66. The summed E-state index contributed by atoms with van der Waals surface area (Å²) in [6.07, 6.45) is 0. The van der Waals surface area contributed by atoms with Gasteiger partial charge >= 0.3 is 0 Å². The summed E-state index contributed by atoms with van der Waals surface area (Å²) in [5.74, 6) is 0. The Bertz CT molecular complexity index is 445. The van der Waals surface area contributed by atoms with E-state index in [2.05, 4.69) is 11.9 Å². The van der Waals surface area contributed by atoms with E-state index in [1.807, 2.05) is 31.2 Å². The maximum absolute atomic E-state index is 5.82. The van der Waals surface area contributed by atoms with Gasteiger partial charge in [0.25, 0.3) is 0 Å². The van der Waals surface area contributed by atoms with Gasteiger partial charge in [-0.05, 0) is 31.5 Å². The molecule has 2 rings (SSSR count). The molecule has 3 heteroatoms. The van der Waals surface area contributed by atoms with E-state index < -0.39 is 0 Å². The Hall–Kier alpha value is -0.860. The number of nitrogens with zero attached hydrogens (tertiary/aromatic N) is 1. The molecule has 1 heterocycles.